The maximum absolute atomic E-state index is 5.87. The first kappa shape index (κ1) is 16.7. The fraction of sp³-hybridized carbons (Fsp3) is 0.474. The summed E-state index contributed by atoms with van der Waals surface area (Å²) in [7, 11) is 0. The number of hydrogen-bond donors (Lipinski definition) is 1. The first-order valence-corrected chi connectivity index (χ1v) is 8.85. The summed E-state index contributed by atoms with van der Waals surface area (Å²) in [6.07, 6.45) is 8.41. The van der Waals surface area contributed by atoms with Crippen molar-refractivity contribution in [3.8, 4) is 5.75 Å². The molecule has 1 aliphatic heterocycles. The second-order valence-electron chi connectivity index (χ2n) is 6.19. The SMILES string of the molecule is c1cnc(NCCCOc2cccc(CN3CCCCC3)c2)nc1. The van der Waals surface area contributed by atoms with Crippen LogP contribution in [-0.2, 0) is 6.54 Å². The number of piperidine rings is 1. The van der Waals surface area contributed by atoms with Gasteiger partial charge in [0.15, 0.2) is 0 Å². The molecule has 1 N–H and O–H groups in total. The van der Waals surface area contributed by atoms with Crippen LogP contribution in [0.25, 0.3) is 0 Å². The Morgan fingerprint density at radius 1 is 1.04 bits per heavy atom. The lowest BCUT2D eigenvalue weighted by molar-refractivity contribution is 0.220. The van der Waals surface area contributed by atoms with E-state index in [1.54, 1.807) is 12.4 Å². The molecule has 3 rings (SSSR count). The van der Waals surface area contributed by atoms with Gasteiger partial charge in [0.25, 0.3) is 0 Å². The Kier molecular flexibility index (Phi) is 6.42. The number of ether oxygens (including phenoxy) is 1. The number of likely N-dealkylation sites (tertiary alicyclic amines) is 1. The Morgan fingerprint density at radius 2 is 1.88 bits per heavy atom. The van der Waals surface area contributed by atoms with Crippen molar-refractivity contribution in [3.63, 3.8) is 0 Å². The topological polar surface area (TPSA) is 50.3 Å². The molecule has 2 heterocycles. The monoisotopic (exact) mass is 326 g/mol. The number of rotatable bonds is 8. The first-order chi connectivity index (χ1) is 11.9. The van der Waals surface area contributed by atoms with Crippen molar-refractivity contribution in [2.75, 3.05) is 31.6 Å². The summed E-state index contributed by atoms with van der Waals surface area (Å²) < 4.78 is 5.87. The summed E-state index contributed by atoms with van der Waals surface area (Å²) in [6.45, 7) is 4.96. The Bertz CT molecular complexity index is 599. The van der Waals surface area contributed by atoms with Crippen molar-refractivity contribution in [2.45, 2.75) is 32.2 Å². The van der Waals surface area contributed by atoms with Crippen molar-refractivity contribution in [3.05, 3.63) is 48.3 Å². The molecule has 2 aromatic rings. The number of aromatic nitrogens is 2. The molecule has 24 heavy (non-hydrogen) atoms. The van der Waals surface area contributed by atoms with Crippen LogP contribution in [-0.4, -0.2) is 41.1 Å². The summed E-state index contributed by atoms with van der Waals surface area (Å²) in [4.78, 5) is 10.8. The van der Waals surface area contributed by atoms with Crippen molar-refractivity contribution >= 4 is 5.95 Å². The van der Waals surface area contributed by atoms with Gasteiger partial charge in [-0.2, -0.15) is 0 Å². The largest absolute Gasteiger partial charge is 0.494 e. The molecule has 1 aromatic heterocycles. The molecule has 0 aliphatic carbocycles. The maximum Gasteiger partial charge on any atom is 0.222 e. The van der Waals surface area contributed by atoms with Crippen LogP contribution in [0.5, 0.6) is 5.75 Å². The van der Waals surface area contributed by atoms with E-state index in [9.17, 15) is 0 Å². The molecule has 1 aliphatic rings. The summed E-state index contributed by atoms with van der Waals surface area (Å²) in [5, 5.41) is 3.19. The van der Waals surface area contributed by atoms with Crippen LogP contribution >= 0.6 is 0 Å². The average molecular weight is 326 g/mol. The molecule has 0 spiro atoms. The number of hydrogen-bond acceptors (Lipinski definition) is 5. The van der Waals surface area contributed by atoms with Crippen LogP contribution in [0.1, 0.15) is 31.2 Å². The van der Waals surface area contributed by atoms with Crippen molar-refractivity contribution in [1.82, 2.24) is 14.9 Å². The molecule has 128 valence electrons. The number of anilines is 1. The lowest BCUT2D eigenvalue weighted by Gasteiger charge is -2.26. The van der Waals surface area contributed by atoms with E-state index >= 15 is 0 Å². The predicted octanol–water partition coefficient (Wildman–Crippen LogP) is 3.34. The second kappa shape index (κ2) is 9.23. The van der Waals surface area contributed by atoms with Gasteiger partial charge >= 0.3 is 0 Å². The van der Waals surface area contributed by atoms with Gasteiger partial charge in [-0.25, -0.2) is 9.97 Å². The van der Waals surface area contributed by atoms with E-state index in [1.165, 1.54) is 37.9 Å². The third-order valence-electron chi connectivity index (χ3n) is 4.19. The van der Waals surface area contributed by atoms with E-state index < -0.39 is 0 Å². The van der Waals surface area contributed by atoms with Crippen molar-refractivity contribution < 1.29 is 4.74 Å². The molecule has 1 aromatic carbocycles. The molecule has 0 saturated carbocycles. The van der Waals surface area contributed by atoms with Crippen LogP contribution in [0.4, 0.5) is 5.95 Å². The third kappa shape index (κ3) is 5.49. The molecule has 5 heteroatoms. The zero-order valence-corrected chi connectivity index (χ0v) is 14.2. The van der Waals surface area contributed by atoms with Gasteiger partial charge in [-0.05, 0) is 56.1 Å². The van der Waals surface area contributed by atoms with Crippen LogP contribution < -0.4 is 10.1 Å². The highest BCUT2D eigenvalue weighted by molar-refractivity contribution is 5.28. The van der Waals surface area contributed by atoms with E-state index in [0.717, 1.165) is 25.3 Å². The lowest BCUT2D eigenvalue weighted by Crippen LogP contribution is -2.29. The minimum Gasteiger partial charge on any atom is -0.494 e. The van der Waals surface area contributed by atoms with E-state index in [2.05, 4.69) is 38.4 Å². The average Bonchev–Trinajstić information content (AvgIpc) is 2.63. The third-order valence-corrected chi connectivity index (χ3v) is 4.19. The fourth-order valence-corrected chi connectivity index (χ4v) is 2.96. The van der Waals surface area contributed by atoms with Gasteiger partial charge in [-0.1, -0.05) is 18.6 Å². The minimum atomic E-state index is 0.668. The Labute approximate surface area is 144 Å². The number of nitrogens with one attached hydrogen (secondary N) is 1. The number of nitrogens with zero attached hydrogens (tertiary/aromatic N) is 3. The summed E-state index contributed by atoms with van der Waals surface area (Å²) in [5.74, 6) is 1.63. The summed E-state index contributed by atoms with van der Waals surface area (Å²) in [5.41, 5.74) is 1.34. The van der Waals surface area contributed by atoms with Gasteiger partial charge < -0.3 is 10.1 Å². The van der Waals surface area contributed by atoms with Gasteiger partial charge in [0, 0.05) is 25.5 Å². The molecular weight excluding hydrogens is 300 g/mol. The molecule has 0 atom stereocenters. The summed E-state index contributed by atoms with van der Waals surface area (Å²) >= 11 is 0. The second-order valence-corrected chi connectivity index (χ2v) is 6.19. The van der Waals surface area contributed by atoms with E-state index in [0.29, 0.717) is 12.6 Å². The molecule has 0 bridgehead atoms. The van der Waals surface area contributed by atoms with Gasteiger partial charge in [-0.3, -0.25) is 4.90 Å². The highest BCUT2D eigenvalue weighted by Gasteiger charge is 2.10. The van der Waals surface area contributed by atoms with Gasteiger partial charge in [0.2, 0.25) is 5.95 Å². The Morgan fingerprint density at radius 3 is 2.71 bits per heavy atom. The summed E-state index contributed by atoms with van der Waals surface area (Å²) in [6, 6.07) is 10.3. The Balaban J connectivity index is 1.38. The predicted molar refractivity (Wildman–Crippen MR) is 96.2 cm³/mol. The van der Waals surface area contributed by atoms with E-state index in [-0.39, 0.29) is 0 Å². The van der Waals surface area contributed by atoms with Crippen LogP contribution in [0, 0.1) is 0 Å². The van der Waals surface area contributed by atoms with Crippen molar-refractivity contribution in [1.29, 1.82) is 0 Å². The normalized spacial score (nSPS) is 15.2. The zero-order valence-electron chi connectivity index (χ0n) is 14.2. The standard InChI is InChI=1S/C19H26N4O/c1-2-12-23(13-3-1)16-17-7-4-8-18(15-17)24-14-6-11-22-19-20-9-5-10-21-19/h4-5,7-10,15H,1-3,6,11-14,16H2,(H,20,21,22). The van der Waals surface area contributed by atoms with Crippen molar-refractivity contribution in [2.24, 2.45) is 0 Å². The molecular formula is C19H26N4O. The number of benzene rings is 1. The van der Waals surface area contributed by atoms with Crippen LogP contribution in [0.15, 0.2) is 42.7 Å². The first-order valence-electron chi connectivity index (χ1n) is 8.85. The lowest BCUT2D eigenvalue weighted by atomic mass is 10.1. The van der Waals surface area contributed by atoms with Gasteiger partial charge in [0.1, 0.15) is 5.75 Å². The van der Waals surface area contributed by atoms with Crippen LogP contribution in [0.3, 0.4) is 0 Å². The molecule has 5 nitrogen and oxygen atoms in total. The van der Waals surface area contributed by atoms with E-state index in [4.69, 9.17) is 4.74 Å². The fourth-order valence-electron chi connectivity index (χ4n) is 2.96. The minimum absolute atomic E-state index is 0.668. The highest BCUT2D eigenvalue weighted by atomic mass is 16.5. The quantitative estimate of drug-likeness (QED) is 0.754. The smallest absolute Gasteiger partial charge is 0.222 e. The Hall–Kier alpha value is -2.14. The molecule has 0 unspecified atom stereocenters. The molecule has 1 fully saturated rings. The van der Waals surface area contributed by atoms with Gasteiger partial charge in [0.05, 0.1) is 6.61 Å². The molecule has 0 amide bonds. The zero-order chi connectivity index (χ0) is 16.5. The van der Waals surface area contributed by atoms with Gasteiger partial charge in [-0.15, -0.1) is 0 Å². The highest BCUT2D eigenvalue weighted by Crippen LogP contribution is 2.17. The van der Waals surface area contributed by atoms with E-state index in [1.807, 2.05) is 12.1 Å². The molecule has 1 saturated heterocycles. The maximum atomic E-state index is 5.87. The molecule has 0 radical (unpaired) electrons. The van der Waals surface area contributed by atoms with Crippen LogP contribution in [0.2, 0.25) is 0 Å².